The molecule has 0 unspecified atom stereocenters. The summed E-state index contributed by atoms with van der Waals surface area (Å²) in [7, 11) is 1.48. The molecule has 0 saturated heterocycles. The van der Waals surface area contributed by atoms with Crippen LogP contribution in [0, 0.1) is 17.1 Å². The Morgan fingerprint density at radius 3 is 2.63 bits per heavy atom. The summed E-state index contributed by atoms with van der Waals surface area (Å²) in [6, 6.07) is 15.7. The molecule has 3 N–H and O–H groups in total. The zero-order chi connectivity index (χ0) is 27.2. The predicted molar refractivity (Wildman–Crippen MR) is 144 cm³/mol. The fourth-order valence-corrected chi connectivity index (χ4v) is 4.96. The van der Waals surface area contributed by atoms with Crippen molar-refractivity contribution in [3.05, 3.63) is 99.3 Å². The Hall–Kier alpha value is -4.20. The summed E-state index contributed by atoms with van der Waals surface area (Å²) >= 11 is 7.15. The molecule has 0 spiro atoms. The molecule has 11 heteroatoms. The first kappa shape index (κ1) is 26.9. The SMILES string of the molecule is COc1ccc(Cl)cc1NC(=O)CSC1=C(C#N)[C@H](c2ccco2)C(C(=O)Nc2ccc(F)cc2)=C(C)N1. The van der Waals surface area contributed by atoms with E-state index >= 15 is 0 Å². The molecule has 2 amide bonds. The highest BCUT2D eigenvalue weighted by Crippen LogP contribution is 2.41. The average Bonchev–Trinajstić information content (AvgIpc) is 3.43. The number of halogens is 2. The number of nitrogens with zero attached hydrogens (tertiary/aromatic N) is 1. The number of rotatable bonds is 8. The number of carbonyl (C=O) groups is 2. The van der Waals surface area contributed by atoms with Crippen molar-refractivity contribution < 1.29 is 23.1 Å². The molecule has 194 valence electrons. The Bertz CT molecular complexity index is 1460. The Labute approximate surface area is 227 Å². The molecule has 1 atom stereocenters. The molecule has 0 saturated carbocycles. The summed E-state index contributed by atoms with van der Waals surface area (Å²) in [5.41, 5.74) is 1.77. The summed E-state index contributed by atoms with van der Waals surface area (Å²) in [6.45, 7) is 1.70. The number of allylic oxidation sites excluding steroid dienone is 2. The van der Waals surface area contributed by atoms with Crippen LogP contribution in [-0.4, -0.2) is 24.7 Å². The quantitative estimate of drug-likeness (QED) is 0.324. The summed E-state index contributed by atoms with van der Waals surface area (Å²) in [4.78, 5) is 26.1. The van der Waals surface area contributed by atoms with E-state index in [1.807, 2.05) is 0 Å². The summed E-state index contributed by atoms with van der Waals surface area (Å²) in [6.07, 6.45) is 1.45. The molecule has 0 radical (unpaired) electrons. The van der Waals surface area contributed by atoms with Crippen molar-refractivity contribution in [1.82, 2.24) is 5.32 Å². The Morgan fingerprint density at radius 2 is 1.97 bits per heavy atom. The van der Waals surface area contributed by atoms with Gasteiger partial charge in [0.1, 0.15) is 17.3 Å². The van der Waals surface area contributed by atoms with Gasteiger partial charge in [-0.2, -0.15) is 5.26 Å². The van der Waals surface area contributed by atoms with Crippen molar-refractivity contribution in [3.8, 4) is 11.8 Å². The zero-order valence-corrected chi connectivity index (χ0v) is 21.9. The van der Waals surface area contributed by atoms with E-state index in [1.165, 1.54) is 37.6 Å². The Morgan fingerprint density at radius 1 is 1.21 bits per heavy atom. The van der Waals surface area contributed by atoms with Gasteiger partial charge in [0.25, 0.3) is 5.91 Å². The number of anilines is 2. The van der Waals surface area contributed by atoms with Crippen LogP contribution in [0.15, 0.2) is 87.1 Å². The van der Waals surface area contributed by atoms with Crippen LogP contribution in [0.4, 0.5) is 15.8 Å². The third-order valence-corrected chi connectivity index (χ3v) is 6.86. The minimum Gasteiger partial charge on any atom is -0.495 e. The topological polar surface area (TPSA) is 116 Å². The molecule has 1 aliphatic rings. The molecule has 0 fully saturated rings. The molecule has 1 aliphatic heterocycles. The fourth-order valence-electron chi connectivity index (χ4n) is 3.90. The highest BCUT2D eigenvalue weighted by Gasteiger charge is 2.36. The Kier molecular flexibility index (Phi) is 8.41. The van der Waals surface area contributed by atoms with Gasteiger partial charge in [0, 0.05) is 16.4 Å². The van der Waals surface area contributed by atoms with Crippen molar-refractivity contribution in [3.63, 3.8) is 0 Å². The van der Waals surface area contributed by atoms with Crippen molar-refractivity contribution in [2.45, 2.75) is 12.8 Å². The summed E-state index contributed by atoms with van der Waals surface area (Å²) in [5, 5.41) is 19.6. The van der Waals surface area contributed by atoms with Gasteiger partial charge in [-0.15, -0.1) is 0 Å². The average molecular weight is 553 g/mol. The molecule has 1 aromatic heterocycles. The Balaban J connectivity index is 1.57. The molecule has 4 rings (SSSR count). The first-order chi connectivity index (χ1) is 18.3. The minimum absolute atomic E-state index is 0.0432. The largest absolute Gasteiger partial charge is 0.495 e. The third kappa shape index (κ3) is 6.02. The van der Waals surface area contributed by atoms with Crippen molar-refractivity contribution in [2.24, 2.45) is 0 Å². The molecular weight excluding hydrogens is 531 g/mol. The van der Waals surface area contributed by atoms with Crippen molar-refractivity contribution in [1.29, 1.82) is 5.26 Å². The van der Waals surface area contributed by atoms with Gasteiger partial charge in [-0.3, -0.25) is 9.59 Å². The maximum absolute atomic E-state index is 13.3. The van der Waals surface area contributed by atoms with Crippen LogP contribution in [0.1, 0.15) is 18.6 Å². The number of hydrogen-bond donors (Lipinski definition) is 3. The highest BCUT2D eigenvalue weighted by molar-refractivity contribution is 8.03. The van der Waals surface area contributed by atoms with Crippen LogP contribution in [0.25, 0.3) is 0 Å². The van der Waals surface area contributed by atoms with E-state index < -0.39 is 17.6 Å². The van der Waals surface area contributed by atoms with E-state index in [2.05, 4.69) is 22.0 Å². The number of hydrogen-bond acceptors (Lipinski definition) is 7. The molecular formula is C27H22ClFN4O4S. The number of thioether (sulfide) groups is 1. The van der Waals surface area contributed by atoms with Crippen molar-refractivity contribution >= 4 is 46.6 Å². The number of furan rings is 1. The van der Waals surface area contributed by atoms with Gasteiger partial charge in [0.05, 0.1) is 53.0 Å². The van der Waals surface area contributed by atoms with Gasteiger partial charge in [-0.1, -0.05) is 23.4 Å². The van der Waals surface area contributed by atoms with E-state index in [-0.39, 0.29) is 22.8 Å². The van der Waals surface area contributed by atoms with E-state index in [9.17, 15) is 19.2 Å². The number of methoxy groups -OCH3 is 1. The second kappa shape index (κ2) is 11.9. The van der Waals surface area contributed by atoms with Crippen LogP contribution in [0.5, 0.6) is 5.75 Å². The van der Waals surface area contributed by atoms with Crippen LogP contribution in [-0.2, 0) is 9.59 Å². The number of dihydropyridines is 1. The van der Waals surface area contributed by atoms with Gasteiger partial charge in [0.2, 0.25) is 5.91 Å². The predicted octanol–water partition coefficient (Wildman–Crippen LogP) is 5.79. The van der Waals surface area contributed by atoms with Gasteiger partial charge < -0.3 is 25.1 Å². The lowest BCUT2D eigenvalue weighted by molar-refractivity contribution is -0.114. The number of benzene rings is 2. The monoisotopic (exact) mass is 552 g/mol. The van der Waals surface area contributed by atoms with E-state index in [0.29, 0.717) is 38.6 Å². The van der Waals surface area contributed by atoms with Crippen molar-refractivity contribution in [2.75, 3.05) is 23.5 Å². The van der Waals surface area contributed by atoms with Gasteiger partial charge in [-0.25, -0.2) is 4.39 Å². The second-order valence-electron chi connectivity index (χ2n) is 8.11. The zero-order valence-electron chi connectivity index (χ0n) is 20.3. The second-order valence-corrected chi connectivity index (χ2v) is 9.53. The first-order valence-electron chi connectivity index (χ1n) is 11.3. The number of amides is 2. The molecule has 38 heavy (non-hydrogen) atoms. The summed E-state index contributed by atoms with van der Waals surface area (Å²) < 4.78 is 24.2. The standard InChI is InChI=1S/C27H22ClFN4O4S/c1-15-24(26(35)32-18-8-6-17(29)7-9-18)25(22-4-3-11-37-22)19(13-30)27(31-15)38-14-23(34)33-20-12-16(28)5-10-21(20)36-2/h3-12,25,31H,14H2,1-2H3,(H,32,35)(H,33,34)/t25-/m1/s1. The lowest BCUT2D eigenvalue weighted by atomic mass is 9.85. The third-order valence-electron chi connectivity index (χ3n) is 5.61. The smallest absolute Gasteiger partial charge is 0.254 e. The summed E-state index contributed by atoms with van der Waals surface area (Å²) in [5.74, 6) is -1.29. The number of ether oxygens (including phenoxy) is 1. The maximum Gasteiger partial charge on any atom is 0.254 e. The molecule has 0 bridgehead atoms. The van der Waals surface area contributed by atoms with E-state index in [1.54, 1.807) is 37.3 Å². The van der Waals surface area contributed by atoms with E-state index in [4.69, 9.17) is 20.8 Å². The lowest BCUT2D eigenvalue weighted by Crippen LogP contribution is -2.31. The normalized spacial score (nSPS) is 15.0. The lowest BCUT2D eigenvalue weighted by Gasteiger charge is -2.28. The highest BCUT2D eigenvalue weighted by atomic mass is 35.5. The fraction of sp³-hybridized carbons (Fsp3) is 0.148. The number of carbonyl (C=O) groups excluding carboxylic acids is 2. The molecule has 8 nitrogen and oxygen atoms in total. The van der Waals surface area contributed by atoms with Crippen LogP contribution >= 0.6 is 23.4 Å². The molecule has 0 aliphatic carbocycles. The minimum atomic E-state index is -0.824. The molecule has 2 heterocycles. The molecule has 3 aromatic rings. The number of nitriles is 1. The van der Waals surface area contributed by atoms with Crippen LogP contribution in [0.2, 0.25) is 5.02 Å². The van der Waals surface area contributed by atoms with Gasteiger partial charge >= 0.3 is 0 Å². The van der Waals surface area contributed by atoms with Crippen LogP contribution < -0.4 is 20.7 Å². The number of nitrogens with one attached hydrogen (secondary N) is 3. The molecule has 2 aromatic carbocycles. The maximum atomic E-state index is 13.3. The first-order valence-corrected chi connectivity index (χ1v) is 12.7. The van der Waals surface area contributed by atoms with Crippen LogP contribution in [0.3, 0.4) is 0 Å². The van der Waals surface area contributed by atoms with Gasteiger partial charge in [0.15, 0.2) is 0 Å². The van der Waals surface area contributed by atoms with E-state index in [0.717, 1.165) is 11.8 Å². The van der Waals surface area contributed by atoms with Gasteiger partial charge in [-0.05, 0) is 61.5 Å².